The second-order valence-electron chi connectivity index (χ2n) is 8.39. The Kier molecular flexibility index (Phi) is 8.64. The van der Waals surface area contributed by atoms with Crippen LogP contribution in [0.1, 0.15) is 23.6 Å². The molecule has 0 aromatic heterocycles. The van der Waals surface area contributed by atoms with E-state index < -0.39 is 24.4 Å². The first-order valence-electron chi connectivity index (χ1n) is 11.5. The zero-order valence-corrected chi connectivity index (χ0v) is 19.0. The summed E-state index contributed by atoms with van der Waals surface area (Å²) in [7, 11) is 0. The van der Waals surface area contributed by atoms with Crippen LogP contribution in [0.2, 0.25) is 0 Å². The summed E-state index contributed by atoms with van der Waals surface area (Å²) in [6.07, 6.45) is -2.58. The van der Waals surface area contributed by atoms with Crippen LogP contribution in [0.15, 0.2) is 91.0 Å². The number of aliphatic hydroxyl groups is 1. The van der Waals surface area contributed by atoms with Gasteiger partial charge in [-0.25, -0.2) is 0 Å². The Hall–Kier alpha value is -2.54. The number of ether oxygens (including phenoxy) is 4. The molecule has 1 N–H and O–H groups in total. The number of aliphatic hydroxyl groups excluding tert-OH is 1. The van der Waals surface area contributed by atoms with Crippen molar-refractivity contribution >= 4 is 0 Å². The highest BCUT2D eigenvalue weighted by Crippen LogP contribution is 2.28. The molecule has 33 heavy (non-hydrogen) atoms. The molecular weight excluding hydrogens is 416 g/mol. The maximum absolute atomic E-state index is 11.2. The van der Waals surface area contributed by atoms with Gasteiger partial charge < -0.3 is 24.1 Å². The summed E-state index contributed by atoms with van der Waals surface area (Å²) in [5.41, 5.74) is 3.19. The van der Waals surface area contributed by atoms with Crippen molar-refractivity contribution in [2.75, 3.05) is 6.61 Å². The van der Waals surface area contributed by atoms with Gasteiger partial charge >= 0.3 is 0 Å². The molecule has 5 nitrogen and oxygen atoms in total. The molecule has 0 radical (unpaired) electrons. The van der Waals surface area contributed by atoms with Gasteiger partial charge in [0.15, 0.2) is 0 Å². The lowest BCUT2D eigenvalue weighted by molar-refractivity contribution is -0.256. The smallest absolute Gasteiger partial charge is 0.115 e. The van der Waals surface area contributed by atoms with E-state index in [9.17, 15) is 5.11 Å². The lowest BCUT2D eigenvalue weighted by atomic mass is 9.95. The average molecular weight is 449 g/mol. The molecule has 0 aliphatic carbocycles. The fourth-order valence-corrected chi connectivity index (χ4v) is 4.07. The van der Waals surface area contributed by atoms with Crippen LogP contribution in [0.5, 0.6) is 0 Å². The molecule has 5 atom stereocenters. The van der Waals surface area contributed by atoms with Crippen LogP contribution in [0.25, 0.3) is 0 Å². The lowest BCUT2D eigenvalue weighted by Crippen LogP contribution is -2.59. The first-order valence-corrected chi connectivity index (χ1v) is 11.5. The van der Waals surface area contributed by atoms with Gasteiger partial charge in [-0.1, -0.05) is 91.0 Å². The molecule has 1 aliphatic heterocycles. The summed E-state index contributed by atoms with van der Waals surface area (Å²) < 4.78 is 24.5. The minimum atomic E-state index is -0.874. The Labute approximate surface area is 195 Å². The third-order valence-electron chi connectivity index (χ3n) is 5.86. The van der Waals surface area contributed by atoms with Crippen molar-refractivity contribution in [2.45, 2.75) is 57.3 Å². The molecule has 3 aromatic rings. The van der Waals surface area contributed by atoms with Crippen molar-refractivity contribution in [2.24, 2.45) is 0 Å². The number of hydrogen-bond donors (Lipinski definition) is 1. The predicted octanol–water partition coefficient (Wildman–Crippen LogP) is 4.52. The molecule has 0 bridgehead atoms. The third kappa shape index (κ3) is 6.73. The standard InChI is InChI=1S/C28H32O5/c1-21-27(31-18-23-13-7-3-8-14-23)28(32-19-24-15-9-4-10-16-24)26(29)25(33-21)20-30-17-22-11-5-2-6-12-22/h2-16,21,25-29H,17-20H2,1H3/t21-,25?,26+,27?,28-/m0/s1. The summed E-state index contributed by atoms with van der Waals surface area (Å²) in [6, 6.07) is 29.9. The molecule has 1 aliphatic rings. The van der Waals surface area contributed by atoms with E-state index >= 15 is 0 Å². The summed E-state index contributed by atoms with van der Waals surface area (Å²) in [5, 5.41) is 11.2. The number of rotatable bonds is 10. The molecule has 2 unspecified atom stereocenters. The molecule has 0 spiro atoms. The van der Waals surface area contributed by atoms with E-state index in [1.54, 1.807) is 0 Å². The van der Waals surface area contributed by atoms with Gasteiger partial charge in [0.05, 0.1) is 32.5 Å². The summed E-state index contributed by atoms with van der Waals surface area (Å²) in [5.74, 6) is 0. The third-order valence-corrected chi connectivity index (χ3v) is 5.86. The van der Waals surface area contributed by atoms with Crippen LogP contribution >= 0.6 is 0 Å². The van der Waals surface area contributed by atoms with E-state index in [1.807, 2.05) is 97.9 Å². The molecule has 0 saturated carbocycles. The Morgan fingerprint density at radius 2 is 1.12 bits per heavy atom. The first-order chi connectivity index (χ1) is 16.2. The first kappa shape index (κ1) is 23.6. The topological polar surface area (TPSA) is 57.2 Å². The Balaban J connectivity index is 1.41. The fourth-order valence-electron chi connectivity index (χ4n) is 4.07. The highest BCUT2D eigenvalue weighted by atomic mass is 16.6. The van der Waals surface area contributed by atoms with Gasteiger partial charge in [0, 0.05) is 0 Å². The van der Waals surface area contributed by atoms with Crippen LogP contribution in [0.4, 0.5) is 0 Å². The van der Waals surface area contributed by atoms with Crippen LogP contribution < -0.4 is 0 Å². The zero-order valence-electron chi connectivity index (χ0n) is 19.0. The number of hydrogen-bond acceptors (Lipinski definition) is 5. The van der Waals surface area contributed by atoms with Gasteiger partial charge in [0.2, 0.25) is 0 Å². The highest BCUT2D eigenvalue weighted by molar-refractivity contribution is 5.15. The summed E-state index contributed by atoms with van der Waals surface area (Å²) in [6.45, 7) is 3.51. The average Bonchev–Trinajstić information content (AvgIpc) is 2.86. The molecule has 5 heteroatoms. The summed E-state index contributed by atoms with van der Waals surface area (Å²) in [4.78, 5) is 0. The van der Waals surface area contributed by atoms with Crippen molar-refractivity contribution in [3.63, 3.8) is 0 Å². The van der Waals surface area contributed by atoms with Gasteiger partial charge in [-0.15, -0.1) is 0 Å². The van der Waals surface area contributed by atoms with E-state index in [1.165, 1.54) is 0 Å². The minimum Gasteiger partial charge on any atom is -0.387 e. The maximum Gasteiger partial charge on any atom is 0.115 e. The SMILES string of the molecule is C[C@@H]1OC(COCc2ccccc2)[C@@H](O)[C@H](OCc2ccccc2)C1OCc1ccccc1. The van der Waals surface area contributed by atoms with E-state index in [2.05, 4.69) is 0 Å². The Morgan fingerprint density at radius 3 is 1.64 bits per heavy atom. The molecule has 3 aromatic carbocycles. The van der Waals surface area contributed by atoms with Gasteiger partial charge in [0.1, 0.15) is 24.4 Å². The van der Waals surface area contributed by atoms with Gasteiger partial charge in [-0.2, -0.15) is 0 Å². The van der Waals surface area contributed by atoms with Crippen LogP contribution in [0.3, 0.4) is 0 Å². The molecule has 0 amide bonds. The van der Waals surface area contributed by atoms with Crippen LogP contribution in [0, 0.1) is 0 Å². The normalized spacial score (nSPS) is 25.1. The number of benzene rings is 3. The molecule has 1 saturated heterocycles. The second-order valence-corrected chi connectivity index (χ2v) is 8.39. The highest BCUT2D eigenvalue weighted by Gasteiger charge is 2.45. The second kappa shape index (κ2) is 12.1. The fraction of sp³-hybridized carbons (Fsp3) is 0.357. The van der Waals surface area contributed by atoms with E-state index in [0.717, 1.165) is 16.7 Å². The van der Waals surface area contributed by atoms with E-state index in [4.69, 9.17) is 18.9 Å². The van der Waals surface area contributed by atoms with Crippen molar-refractivity contribution in [1.29, 1.82) is 0 Å². The predicted molar refractivity (Wildman–Crippen MR) is 126 cm³/mol. The van der Waals surface area contributed by atoms with Crippen molar-refractivity contribution in [3.05, 3.63) is 108 Å². The van der Waals surface area contributed by atoms with Crippen LogP contribution in [-0.4, -0.2) is 42.2 Å². The zero-order chi connectivity index (χ0) is 22.9. The van der Waals surface area contributed by atoms with Gasteiger partial charge in [0.25, 0.3) is 0 Å². The van der Waals surface area contributed by atoms with Gasteiger partial charge in [-0.05, 0) is 23.6 Å². The van der Waals surface area contributed by atoms with E-state index in [-0.39, 0.29) is 12.7 Å². The maximum atomic E-state index is 11.2. The molecule has 1 fully saturated rings. The lowest BCUT2D eigenvalue weighted by Gasteiger charge is -2.43. The molecular formula is C28H32O5. The Morgan fingerprint density at radius 1 is 0.667 bits per heavy atom. The minimum absolute atomic E-state index is 0.261. The molecule has 4 rings (SSSR count). The van der Waals surface area contributed by atoms with Crippen molar-refractivity contribution in [1.82, 2.24) is 0 Å². The van der Waals surface area contributed by atoms with Crippen LogP contribution in [-0.2, 0) is 38.8 Å². The largest absolute Gasteiger partial charge is 0.387 e. The van der Waals surface area contributed by atoms with Gasteiger partial charge in [-0.3, -0.25) is 0 Å². The molecule has 1 heterocycles. The summed E-state index contributed by atoms with van der Waals surface area (Å²) >= 11 is 0. The van der Waals surface area contributed by atoms with E-state index in [0.29, 0.717) is 19.8 Å². The Bertz CT molecular complexity index is 934. The van der Waals surface area contributed by atoms with Crippen molar-refractivity contribution in [3.8, 4) is 0 Å². The quantitative estimate of drug-likeness (QED) is 0.494. The molecule has 174 valence electrons. The monoisotopic (exact) mass is 448 g/mol. The van der Waals surface area contributed by atoms with Crippen molar-refractivity contribution < 1.29 is 24.1 Å².